The van der Waals surface area contributed by atoms with E-state index >= 15 is 0 Å². The van der Waals surface area contributed by atoms with Crippen LogP contribution in [0, 0.1) is 17.2 Å². The van der Waals surface area contributed by atoms with E-state index in [4.69, 9.17) is 5.26 Å². The highest BCUT2D eigenvalue weighted by Crippen LogP contribution is 2.33. The van der Waals surface area contributed by atoms with Gasteiger partial charge in [-0.25, -0.2) is 0 Å². The van der Waals surface area contributed by atoms with Crippen LogP contribution in [0.25, 0.3) is 0 Å². The maximum absolute atomic E-state index is 12.0. The van der Waals surface area contributed by atoms with Crippen LogP contribution in [0.4, 0.5) is 0 Å². The zero-order valence-corrected chi connectivity index (χ0v) is 12.8. The molecule has 0 aromatic heterocycles. The van der Waals surface area contributed by atoms with Gasteiger partial charge >= 0.3 is 0 Å². The summed E-state index contributed by atoms with van der Waals surface area (Å²) in [7, 11) is 0. The number of hydrogen-bond acceptors (Lipinski definition) is 4. The molecule has 0 radical (unpaired) electrons. The highest BCUT2D eigenvalue weighted by Gasteiger charge is 2.36. The fourth-order valence-electron chi connectivity index (χ4n) is 3.78. The zero-order chi connectivity index (χ0) is 15.1. The minimum Gasteiger partial charge on any atom is -0.393 e. The second-order valence-electron chi connectivity index (χ2n) is 6.31. The van der Waals surface area contributed by atoms with E-state index in [9.17, 15) is 9.90 Å². The van der Waals surface area contributed by atoms with Crippen LogP contribution in [0.15, 0.2) is 0 Å². The average molecular weight is 293 g/mol. The van der Waals surface area contributed by atoms with Gasteiger partial charge in [0.05, 0.1) is 25.1 Å². The van der Waals surface area contributed by atoms with Crippen LogP contribution in [0.2, 0.25) is 0 Å². The summed E-state index contributed by atoms with van der Waals surface area (Å²) in [4.78, 5) is 14.2. The minimum absolute atomic E-state index is 0.00227. The number of amides is 1. The van der Waals surface area contributed by atoms with E-state index in [0.29, 0.717) is 31.5 Å². The summed E-state index contributed by atoms with van der Waals surface area (Å²) in [6.45, 7) is 1.78. The van der Waals surface area contributed by atoms with E-state index < -0.39 is 0 Å². The second-order valence-corrected chi connectivity index (χ2v) is 6.31. The lowest BCUT2D eigenvalue weighted by atomic mass is 9.78. The molecule has 3 atom stereocenters. The Balaban J connectivity index is 1.89. The first-order chi connectivity index (χ1) is 10.2. The normalized spacial score (nSPS) is 30.6. The SMILES string of the molecule is N#CCCNC(=O)CN1CCCCC1C1CCCCC1O. The lowest BCUT2D eigenvalue weighted by Gasteiger charge is -2.43. The monoisotopic (exact) mass is 293 g/mol. The van der Waals surface area contributed by atoms with Crippen molar-refractivity contribution in [1.29, 1.82) is 5.26 Å². The number of likely N-dealkylation sites (tertiary alicyclic amines) is 1. The molecule has 0 aromatic carbocycles. The summed E-state index contributed by atoms with van der Waals surface area (Å²) in [5.41, 5.74) is 0. The van der Waals surface area contributed by atoms with Crippen molar-refractivity contribution in [3.8, 4) is 6.07 Å². The summed E-state index contributed by atoms with van der Waals surface area (Å²) < 4.78 is 0. The number of nitrogens with zero attached hydrogens (tertiary/aromatic N) is 2. The number of piperidine rings is 1. The van der Waals surface area contributed by atoms with Gasteiger partial charge in [0.15, 0.2) is 0 Å². The van der Waals surface area contributed by atoms with Gasteiger partial charge in [0.1, 0.15) is 0 Å². The number of nitriles is 1. The molecule has 1 aliphatic carbocycles. The van der Waals surface area contributed by atoms with Gasteiger partial charge < -0.3 is 10.4 Å². The van der Waals surface area contributed by atoms with Crippen LogP contribution in [-0.4, -0.2) is 47.7 Å². The summed E-state index contributed by atoms with van der Waals surface area (Å²) in [5, 5.41) is 21.6. The molecule has 1 heterocycles. The van der Waals surface area contributed by atoms with Gasteiger partial charge in [-0.15, -0.1) is 0 Å². The Morgan fingerprint density at radius 2 is 2.00 bits per heavy atom. The van der Waals surface area contributed by atoms with Crippen molar-refractivity contribution in [2.45, 2.75) is 63.5 Å². The maximum atomic E-state index is 12.0. The third-order valence-corrected chi connectivity index (χ3v) is 4.85. The Kier molecular flexibility index (Phi) is 6.47. The molecule has 21 heavy (non-hydrogen) atoms. The topological polar surface area (TPSA) is 76.4 Å². The Morgan fingerprint density at radius 1 is 1.24 bits per heavy atom. The summed E-state index contributed by atoms with van der Waals surface area (Å²) in [5.74, 6) is 0.327. The zero-order valence-electron chi connectivity index (χ0n) is 12.8. The summed E-state index contributed by atoms with van der Waals surface area (Å²) >= 11 is 0. The van der Waals surface area contributed by atoms with Crippen molar-refractivity contribution in [3.05, 3.63) is 0 Å². The first-order valence-corrected chi connectivity index (χ1v) is 8.28. The van der Waals surface area contributed by atoms with Crippen LogP contribution in [-0.2, 0) is 4.79 Å². The molecule has 0 spiro atoms. The van der Waals surface area contributed by atoms with Crippen molar-refractivity contribution in [2.75, 3.05) is 19.6 Å². The van der Waals surface area contributed by atoms with Crippen molar-refractivity contribution >= 4 is 5.91 Å². The predicted molar refractivity (Wildman–Crippen MR) is 80.4 cm³/mol. The highest BCUT2D eigenvalue weighted by molar-refractivity contribution is 5.78. The second kappa shape index (κ2) is 8.35. The molecule has 2 N–H and O–H groups in total. The number of aliphatic hydroxyl groups excluding tert-OH is 1. The molecule has 0 bridgehead atoms. The molecule has 3 unspecified atom stereocenters. The molecule has 2 fully saturated rings. The summed E-state index contributed by atoms with van der Waals surface area (Å²) in [6, 6.07) is 2.37. The lowest BCUT2D eigenvalue weighted by molar-refractivity contribution is -0.124. The molecular formula is C16H27N3O2. The van der Waals surface area contributed by atoms with Gasteiger partial charge in [0.25, 0.3) is 0 Å². The number of carbonyl (C=O) groups is 1. The highest BCUT2D eigenvalue weighted by atomic mass is 16.3. The number of carbonyl (C=O) groups excluding carboxylic acids is 1. The summed E-state index contributed by atoms with van der Waals surface area (Å²) in [6.07, 6.45) is 7.88. The van der Waals surface area contributed by atoms with Crippen molar-refractivity contribution < 1.29 is 9.90 Å². The van der Waals surface area contributed by atoms with Crippen molar-refractivity contribution in [2.24, 2.45) is 5.92 Å². The quantitative estimate of drug-likeness (QED) is 0.752. The number of rotatable bonds is 5. The van der Waals surface area contributed by atoms with Crippen molar-refractivity contribution in [3.63, 3.8) is 0 Å². The molecule has 2 rings (SSSR count). The molecule has 1 amide bonds. The van der Waals surface area contributed by atoms with Gasteiger partial charge in [0.2, 0.25) is 5.91 Å². The van der Waals surface area contributed by atoms with E-state index in [1.807, 2.05) is 6.07 Å². The largest absolute Gasteiger partial charge is 0.393 e. The number of hydrogen-bond donors (Lipinski definition) is 2. The third kappa shape index (κ3) is 4.69. The molecule has 2 aliphatic rings. The van der Waals surface area contributed by atoms with E-state index in [1.165, 1.54) is 12.8 Å². The van der Waals surface area contributed by atoms with E-state index in [2.05, 4.69) is 10.2 Å². The van der Waals surface area contributed by atoms with E-state index in [-0.39, 0.29) is 12.0 Å². The Labute approximate surface area is 127 Å². The smallest absolute Gasteiger partial charge is 0.234 e. The predicted octanol–water partition coefficient (Wildman–Crippen LogP) is 1.42. The van der Waals surface area contributed by atoms with Gasteiger partial charge in [-0.1, -0.05) is 19.3 Å². The first-order valence-electron chi connectivity index (χ1n) is 8.28. The van der Waals surface area contributed by atoms with E-state index in [1.54, 1.807) is 0 Å². The van der Waals surface area contributed by atoms with Crippen LogP contribution in [0.1, 0.15) is 51.4 Å². The minimum atomic E-state index is -0.203. The Hall–Kier alpha value is -1.12. The molecular weight excluding hydrogens is 266 g/mol. The molecule has 5 heteroatoms. The van der Waals surface area contributed by atoms with Gasteiger partial charge in [0, 0.05) is 18.5 Å². The van der Waals surface area contributed by atoms with E-state index in [0.717, 1.165) is 38.6 Å². The standard InChI is InChI=1S/C16H27N3O2/c17-9-5-10-18-16(21)12-19-11-4-3-7-14(19)13-6-1-2-8-15(13)20/h13-15,20H,1-8,10-12H2,(H,18,21). The molecule has 5 nitrogen and oxygen atoms in total. The number of nitrogens with one attached hydrogen (secondary N) is 1. The maximum Gasteiger partial charge on any atom is 0.234 e. The van der Waals surface area contributed by atoms with Crippen LogP contribution >= 0.6 is 0 Å². The fourth-order valence-corrected chi connectivity index (χ4v) is 3.78. The Morgan fingerprint density at radius 3 is 2.76 bits per heavy atom. The lowest BCUT2D eigenvalue weighted by Crippen LogP contribution is -2.51. The molecule has 0 aromatic rings. The number of aliphatic hydroxyl groups is 1. The third-order valence-electron chi connectivity index (χ3n) is 4.85. The Bertz CT molecular complexity index is 380. The van der Waals surface area contributed by atoms with Crippen LogP contribution < -0.4 is 5.32 Å². The molecule has 1 saturated carbocycles. The van der Waals surface area contributed by atoms with Gasteiger partial charge in [-0.3, -0.25) is 9.69 Å². The molecule has 1 aliphatic heterocycles. The molecule has 118 valence electrons. The fraction of sp³-hybridized carbons (Fsp3) is 0.875. The van der Waals surface area contributed by atoms with Crippen LogP contribution in [0.3, 0.4) is 0 Å². The van der Waals surface area contributed by atoms with Crippen molar-refractivity contribution in [1.82, 2.24) is 10.2 Å². The van der Waals surface area contributed by atoms with Crippen LogP contribution in [0.5, 0.6) is 0 Å². The molecule has 1 saturated heterocycles. The van der Waals surface area contributed by atoms with Gasteiger partial charge in [-0.2, -0.15) is 5.26 Å². The average Bonchev–Trinajstić information content (AvgIpc) is 2.49. The van der Waals surface area contributed by atoms with Gasteiger partial charge in [-0.05, 0) is 32.2 Å². The first kappa shape index (κ1) is 16.3.